The number of amides is 1. The van der Waals surface area contributed by atoms with Crippen LogP contribution in [-0.2, 0) is 25.5 Å². The van der Waals surface area contributed by atoms with E-state index < -0.39 is 29.4 Å². The number of hydrogen-bond donors (Lipinski definition) is 0. The predicted molar refractivity (Wildman–Crippen MR) is 123 cm³/mol. The molecule has 0 saturated carbocycles. The van der Waals surface area contributed by atoms with E-state index in [4.69, 9.17) is 15.7 Å². The lowest BCUT2D eigenvalue weighted by atomic mass is 9.59. The first-order valence-corrected chi connectivity index (χ1v) is 10.5. The summed E-state index contributed by atoms with van der Waals surface area (Å²) in [5.74, 6) is -2.33. The molecule has 11 heteroatoms. The second-order valence-corrected chi connectivity index (χ2v) is 8.22. The number of fused-ring (bicyclic) bond motifs is 2. The number of nitrogens with zero attached hydrogens (tertiary/aromatic N) is 5. The van der Waals surface area contributed by atoms with Gasteiger partial charge in [-0.05, 0) is 36.8 Å². The Hall–Kier alpha value is -3.75. The van der Waals surface area contributed by atoms with Gasteiger partial charge in [0.15, 0.2) is 0 Å². The van der Waals surface area contributed by atoms with E-state index in [1.807, 2.05) is 6.92 Å². The third-order valence-electron chi connectivity index (χ3n) is 6.15. The number of rotatable bonds is 4. The van der Waals surface area contributed by atoms with E-state index >= 15 is 8.78 Å². The number of hydrogen-bond acceptors (Lipinski definition) is 4. The number of aryl methyl sites for hydroxylation is 2. The van der Waals surface area contributed by atoms with Gasteiger partial charge in [-0.1, -0.05) is 0 Å². The topological polar surface area (TPSA) is 73.0 Å². The first kappa shape index (κ1) is 22.1. The van der Waals surface area contributed by atoms with E-state index in [2.05, 4.69) is 10.1 Å². The molecular formula is C23H17B2F2N5O2. The van der Waals surface area contributed by atoms with E-state index in [9.17, 15) is 9.59 Å². The number of halogens is 2. The monoisotopic (exact) mass is 455 g/mol. The zero-order valence-corrected chi connectivity index (χ0v) is 18.4. The third-order valence-corrected chi connectivity index (χ3v) is 6.15. The average molecular weight is 455 g/mol. The lowest BCUT2D eigenvalue weighted by Gasteiger charge is -2.33. The normalized spacial score (nSPS) is 14.7. The highest BCUT2D eigenvalue weighted by atomic mass is 19.1. The molecule has 3 aromatic heterocycles. The molecule has 1 aromatic carbocycles. The number of benzene rings is 1. The number of carbonyl (C=O) groups is 1. The van der Waals surface area contributed by atoms with Crippen molar-refractivity contribution in [1.82, 2.24) is 24.2 Å². The van der Waals surface area contributed by atoms with Gasteiger partial charge in [-0.3, -0.25) is 19.3 Å². The van der Waals surface area contributed by atoms with Crippen molar-refractivity contribution in [3.8, 4) is 11.1 Å². The van der Waals surface area contributed by atoms with Crippen LogP contribution in [0.25, 0.3) is 22.0 Å². The Bertz CT molecular complexity index is 1520. The first-order chi connectivity index (χ1) is 16.1. The molecule has 1 aliphatic rings. The van der Waals surface area contributed by atoms with Gasteiger partial charge in [-0.2, -0.15) is 5.10 Å². The molecule has 1 aliphatic heterocycles. The van der Waals surface area contributed by atoms with Crippen molar-refractivity contribution in [3.63, 3.8) is 0 Å². The Morgan fingerprint density at radius 1 is 1.12 bits per heavy atom. The fourth-order valence-electron chi connectivity index (χ4n) is 4.38. The van der Waals surface area contributed by atoms with E-state index in [0.717, 1.165) is 17.0 Å². The molecule has 0 unspecified atom stereocenters. The van der Waals surface area contributed by atoms with Crippen LogP contribution in [0, 0.1) is 11.6 Å². The molecule has 34 heavy (non-hydrogen) atoms. The third kappa shape index (κ3) is 3.10. The van der Waals surface area contributed by atoms with Crippen molar-refractivity contribution in [2.24, 2.45) is 7.05 Å². The van der Waals surface area contributed by atoms with Crippen LogP contribution in [0.4, 0.5) is 8.78 Å². The minimum Gasteiger partial charge on any atom is -0.340 e. The quantitative estimate of drug-likeness (QED) is 0.443. The summed E-state index contributed by atoms with van der Waals surface area (Å²) in [4.78, 5) is 30.5. The molecule has 5 rings (SSSR count). The Morgan fingerprint density at radius 3 is 2.47 bits per heavy atom. The summed E-state index contributed by atoms with van der Waals surface area (Å²) < 4.78 is 33.4. The summed E-state index contributed by atoms with van der Waals surface area (Å²) >= 11 is 0. The van der Waals surface area contributed by atoms with Crippen LogP contribution in [0.2, 0.25) is 0 Å². The van der Waals surface area contributed by atoms with Gasteiger partial charge in [0.2, 0.25) is 0 Å². The summed E-state index contributed by atoms with van der Waals surface area (Å²) in [6.07, 6.45) is 4.45. The number of carbonyl (C=O) groups excluding carboxylic acids is 1. The Labute approximate surface area is 195 Å². The molecule has 0 N–H and O–H groups in total. The maximum Gasteiger partial charge on any atom is 0.276 e. The van der Waals surface area contributed by atoms with Crippen LogP contribution >= 0.6 is 0 Å². The van der Waals surface area contributed by atoms with Gasteiger partial charge >= 0.3 is 0 Å². The van der Waals surface area contributed by atoms with E-state index in [0.29, 0.717) is 23.0 Å². The molecular weight excluding hydrogens is 438 g/mol. The maximum absolute atomic E-state index is 15.2. The molecule has 0 bridgehead atoms. The van der Waals surface area contributed by atoms with Gasteiger partial charge in [0, 0.05) is 47.8 Å². The molecule has 4 radical (unpaired) electrons. The second-order valence-electron chi connectivity index (χ2n) is 8.22. The molecule has 0 atom stereocenters. The van der Waals surface area contributed by atoms with Crippen LogP contribution < -0.4 is 5.56 Å². The van der Waals surface area contributed by atoms with Crippen molar-refractivity contribution in [1.29, 1.82) is 0 Å². The van der Waals surface area contributed by atoms with Crippen molar-refractivity contribution in [2.75, 3.05) is 0 Å². The lowest BCUT2D eigenvalue weighted by molar-refractivity contribution is 0.0727. The molecule has 166 valence electrons. The number of pyridine rings is 2. The highest BCUT2D eigenvalue weighted by Crippen LogP contribution is 2.36. The summed E-state index contributed by atoms with van der Waals surface area (Å²) in [7, 11) is 13.8. The largest absolute Gasteiger partial charge is 0.340 e. The van der Waals surface area contributed by atoms with Gasteiger partial charge in [0.25, 0.3) is 11.5 Å². The van der Waals surface area contributed by atoms with Crippen molar-refractivity contribution in [2.45, 2.75) is 25.4 Å². The van der Waals surface area contributed by atoms with Gasteiger partial charge < -0.3 is 9.47 Å². The zero-order valence-electron chi connectivity index (χ0n) is 18.4. The summed E-state index contributed by atoms with van der Waals surface area (Å²) in [5, 5.41) is 2.88. The second kappa shape index (κ2) is 7.65. The Kier molecular flexibility index (Phi) is 4.96. The standard InChI is InChI=1S/C23H17B2F2N5O2/c1-3-32-19-14(9-29-32)15(10-30(2)22(19)34)12-7-17(26)16(18(27)8-12)11-31-21(33)13-5-4-6-28-20(13)23(31,24)25/h4-10H,3,11H2,1-2H3. The summed E-state index contributed by atoms with van der Waals surface area (Å²) in [6.45, 7) is 1.82. The van der Waals surface area contributed by atoms with Crippen LogP contribution in [0.15, 0.2) is 47.7 Å². The van der Waals surface area contributed by atoms with Crippen molar-refractivity contribution < 1.29 is 13.6 Å². The molecule has 4 aromatic rings. The number of aromatic nitrogens is 4. The summed E-state index contributed by atoms with van der Waals surface area (Å²) in [5.41, 5.74) is 0.704. The highest BCUT2D eigenvalue weighted by molar-refractivity contribution is 6.42. The smallest absolute Gasteiger partial charge is 0.276 e. The Balaban J connectivity index is 1.58. The molecule has 0 fully saturated rings. The molecule has 0 saturated heterocycles. The SMILES string of the molecule is [B]C1([B])c2ncccc2C(=O)N1Cc1c(F)cc(-c2cn(C)c(=O)c3c2cnn3CC)cc1F. The fraction of sp³-hybridized carbons (Fsp3) is 0.217. The fourth-order valence-corrected chi connectivity index (χ4v) is 4.38. The van der Waals surface area contributed by atoms with Crippen LogP contribution in [-0.4, -0.2) is 45.8 Å². The minimum atomic E-state index is -1.82. The lowest BCUT2D eigenvalue weighted by Crippen LogP contribution is -2.45. The average Bonchev–Trinajstić information content (AvgIpc) is 3.31. The Morgan fingerprint density at radius 2 is 1.82 bits per heavy atom. The predicted octanol–water partition coefficient (Wildman–Crippen LogP) is 2.20. The van der Waals surface area contributed by atoms with Gasteiger partial charge in [0.1, 0.15) is 17.2 Å². The summed E-state index contributed by atoms with van der Waals surface area (Å²) in [6, 6.07) is 5.38. The first-order valence-electron chi connectivity index (χ1n) is 10.5. The minimum absolute atomic E-state index is 0.137. The van der Waals surface area contributed by atoms with Crippen LogP contribution in [0.3, 0.4) is 0 Å². The van der Waals surface area contributed by atoms with Crippen molar-refractivity contribution >= 4 is 32.5 Å². The van der Waals surface area contributed by atoms with Crippen molar-refractivity contribution in [3.05, 3.63) is 81.7 Å². The van der Waals surface area contributed by atoms with E-state index in [-0.39, 0.29) is 27.9 Å². The van der Waals surface area contributed by atoms with Crippen LogP contribution in [0.5, 0.6) is 0 Å². The van der Waals surface area contributed by atoms with E-state index in [1.54, 1.807) is 13.1 Å². The molecule has 4 heterocycles. The molecule has 1 amide bonds. The molecule has 0 aliphatic carbocycles. The molecule has 0 spiro atoms. The molecule has 7 nitrogen and oxygen atoms in total. The van der Waals surface area contributed by atoms with Gasteiger partial charge in [0.05, 0.1) is 39.7 Å². The zero-order chi connectivity index (χ0) is 24.4. The highest BCUT2D eigenvalue weighted by Gasteiger charge is 2.43. The van der Waals surface area contributed by atoms with Gasteiger partial charge in [-0.15, -0.1) is 0 Å². The van der Waals surface area contributed by atoms with E-state index in [1.165, 1.54) is 33.9 Å². The maximum atomic E-state index is 15.2. The van der Waals surface area contributed by atoms with Crippen LogP contribution in [0.1, 0.15) is 28.5 Å². The van der Waals surface area contributed by atoms with Gasteiger partial charge in [-0.25, -0.2) is 8.78 Å².